The molecule has 1 aliphatic heterocycles. The number of aryl methyl sites for hydroxylation is 1. The molecule has 11 heteroatoms. The number of anilines is 1. The normalized spacial score (nSPS) is 16.8. The van der Waals surface area contributed by atoms with Gasteiger partial charge in [-0.15, -0.1) is 0 Å². The van der Waals surface area contributed by atoms with Gasteiger partial charge in [0.15, 0.2) is 5.13 Å². The average molecular weight is 537 g/mol. The molecule has 1 amide bonds. The molecule has 8 nitrogen and oxygen atoms in total. The van der Waals surface area contributed by atoms with E-state index in [1.165, 1.54) is 34.9 Å². The number of carbonyl (C=O) groups is 1. The number of halogens is 1. The highest BCUT2D eigenvalue weighted by Gasteiger charge is 2.42. The van der Waals surface area contributed by atoms with Crippen LogP contribution in [-0.2, 0) is 14.8 Å². The first kappa shape index (κ1) is 25.8. The van der Waals surface area contributed by atoms with Crippen molar-refractivity contribution in [1.29, 1.82) is 0 Å². The summed E-state index contributed by atoms with van der Waals surface area (Å²) in [6, 6.07) is 9.17. The van der Waals surface area contributed by atoms with Crippen LogP contribution in [0.1, 0.15) is 18.4 Å². The molecule has 0 N–H and O–H groups in total. The minimum Gasteiger partial charge on any atom is -0.497 e. The monoisotopic (exact) mass is 536 g/mol. The SMILES string of the molecule is COc1ccc(S(=O)(=O)N2CCCC2C(=O)N(CCN(C)C)c2nc3c(C)ccc(Cl)c3s2)cc1. The fraction of sp³-hybridized carbons (Fsp3) is 0.417. The van der Waals surface area contributed by atoms with Crippen LogP contribution in [-0.4, -0.2) is 75.4 Å². The van der Waals surface area contributed by atoms with Crippen molar-refractivity contribution in [3.05, 3.63) is 47.0 Å². The number of methoxy groups -OCH3 is 1. The van der Waals surface area contributed by atoms with Crippen molar-refractivity contribution < 1.29 is 17.9 Å². The Bertz CT molecular complexity index is 1290. The Morgan fingerprint density at radius 2 is 1.91 bits per heavy atom. The maximum absolute atomic E-state index is 13.9. The summed E-state index contributed by atoms with van der Waals surface area (Å²) in [5.41, 5.74) is 1.73. The van der Waals surface area contributed by atoms with E-state index in [9.17, 15) is 13.2 Å². The summed E-state index contributed by atoms with van der Waals surface area (Å²) in [4.78, 5) is 22.4. The molecule has 3 aromatic rings. The zero-order chi connectivity index (χ0) is 25.3. The van der Waals surface area contributed by atoms with Gasteiger partial charge in [-0.05, 0) is 69.8 Å². The number of benzene rings is 2. The van der Waals surface area contributed by atoms with Crippen molar-refractivity contribution in [1.82, 2.24) is 14.2 Å². The van der Waals surface area contributed by atoms with Crippen molar-refractivity contribution in [2.45, 2.75) is 30.7 Å². The number of carbonyl (C=O) groups excluding carboxylic acids is 1. The number of amides is 1. The smallest absolute Gasteiger partial charge is 0.247 e. The fourth-order valence-corrected chi connectivity index (χ4v) is 7.14. The van der Waals surface area contributed by atoms with Crippen LogP contribution in [0.25, 0.3) is 10.2 Å². The number of likely N-dealkylation sites (N-methyl/N-ethyl adjacent to an activating group) is 1. The molecule has 0 bridgehead atoms. The summed E-state index contributed by atoms with van der Waals surface area (Å²) in [6.07, 6.45) is 1.06. The maximum atomic E-state index is 13.9. The molecule has 0 spiro atoms. The first-order valence-electron chi connectivity index (χ1n) is 11.3. The highest BCUT2D eigenvalue weighted by molar-refractivity contribution is 7.89. The lowest BCUT2D eigenvalue weighted by atomic mass is 10.2. The predicted octanol–water partition coefficient (Wildman–Crippen LogP) is 4.01. The molecule has 1 fully saturated rings. The van der Waals surface area contributed by atoms with Gasteiger partial charge in [0.25, 0.3) is 0 Å². The van der Waals surface area contributed by atoms with Crippen LogP contribution in [0.5, 0.6) is 5.75 Å². The third-order valence-electron chi connectivity index (χ3n) is 6.11. The summed E-state index contributed by atoms with van der Waals surface area (Å²) in [5.74, 6) is 0.298. The Morgan fingerprint density at radius 3 is 2.54 bits per heavy atom. The van der Waals surface area contributed by atoms with Gasteiger partial charge in [0.2, 0.25) is 15.9 Å². The lowest BCUT2D eigenvalue weighted by Crippen LogP contribution is -2.49. The van der Waals surface area contributed by atoms with Gasteiger partial charge in [-0.3, -0.25) is 9.69 Å². The van der Waals surface area contributed by atoms with Crippen LogP contribution in [0, 0.1) is 6.92 Å². The quantitative estimate of drug-likeness (QED) is 0.432. The summed E-state index contributed by atoms with van der Waals surface area (Å²) in [5, 5.41) is 1.11. The zero-order valence-corrected chi connectivity index (χ0v) is 22.6. The van der Waals surface area contributed by atoms with Gasteiger partial charge in [0.1, 0.15) is 11.8 Å². The predicted molar refractivity (Wildman–Crippen MR) is 140 cm³/mol. The van der Waals surface area contributed by atoms with E-state index >= 15 is 0 Å². The van der Waals surface area contributed by atoms with E-state index in [0.29, 0.717) is 41.8 Å². The van der Waals surface area contributed by atoms with E-state index in [2.05, 4.69) is 0 Å². The van der Waals surface area contributed by atoms with E-state index in [4.69, 9.17) is 21.3 Å². The Kier molecular flexibility index (Phi) is 7.68. The standard InChI is InChI=1S/C24H29ClN4O4S2/c1-16-7-12-19(25)22-21(16)26-24(34-22)28(15-14-27(2)3)23(30)20-6-5-13-29(20)35(31,32)18-10-8-17(33-4)9-11-18/h7-12,20H,5-6,13-15H2,1-4H3. The topological polar surface area (TPSA) is 83.0 Å². The van der Waals surface area contributed by atoms with Gasteiger partial charge in [-0.25, -0.2) is 13.4 Å². The van der Waals surface area contributed by atoms with Crippen molar-refractivity contribution >= 4 is 54.2 Å². The second-order valence-electron chi connectivity index (χ2n) is 8.78. The molecule has 1 atom stereocenters. The summed E-state index contributed by atoms with van der Waals surface area (Å²) in [6.45, 7) is 3.23. The van der Waals surface area contributed by atoms with Crippen molar-refractivity contribution in [2.75, 3.05) is 45.7 Å². The van der Waals surface area contributed by atoms with Gasteiger partial charge < -0.3 is 9.64 Å². The number of rotatable bonds is 8. The van der Waals surface area contributed by atoms with Gasteiger partial charge in [-0.1, -0.05) is 29.0 Å². The van der Waals surface area contributed by atoms with E-state index in [0.717, 1.165) is 15.8 Å². The largest absolute Gasteiger partial charge is 0.497 e. The molecule has 35 heavy (non-hydrogen) atoms. The van der Waals surface area contributed by atoms with Gasteiger partial charge in [0, 0.05) is 19.6 Å². The van der Waals surface area contributed by atoms with Crippen LogP contribution in [0.2, 0.25) is 5.02 Å². The first-order valence-corrected chi connectivity index (χ1v) is 13.9. The van der Waals surface area contributed by atoms with E-state index in [1.54, 1.807) is 17.0 Å². The van der Waals surface area contributed by atoms with Crippen LogP contribution in [0.3, 0.4) is 0 Å². The number of nitrogens with zero attached hydrogens (tertiary/aromatic N) is 4. The Labute approximate surface area is 215 Å². The van der Waals surface area contributed by atoms with Gasteiger partial charge in [0.05, 0.1) is 27.2 Å². The summed E-state index contributed by atoms with van der Waals surface area (Å²) < 4.78 is 34.2. The molecule has 188 valence electrons. The maximum Gasteiger partial charge on any atom is 0.247 e. The summed E-state index contributed by atoms with van der Waals surface area (Å²) in [7, 11) is 1.52. The number of aromatic nitrogens is 1. The highest BCUT2D eigenvalue weighted by atomic mass is 35.5. The average Bonchev–Trinajstić information content (AvgIpc) is 3.50. The first-order chi connectivity index (χ1) is 16.6. The number of hydrogen-bond donors (Lipinski definition) is 0. The molecule has 2 aromatic carbocycles. The molecular weight excluding hydrogens is 508 g/mol. The fourth-order valence-electron chi connectivity index (χ4n) is 4.14. The van der Waals surface area contributed by atoms with E-state index in [1.807, 2.05) is 38.1 Å². The number of hydrogen-bond acceptors (Lipinski definition) is 7. The number of sulfonamides is 1. The van der Waals surface area contributed by atoms with Crippen molar-refractivity contribution in [3.63, 3.8) is 0 Å². The molecule has 0 saturated carbocycles. The third-order valence-corrected chi connectivity index (χ3v) is 9.57. The minimum atomic E-state index is -3.86. The number of ether oxygens (including phenoxy) is 1. The molecule has 2 heterocycles. The van der Waals surface area contributed by atoms with Gasteiger partial charge in [-0.2, -0.15) is 4.31 Å². The molecule has 0 aliphatic carbocycles. The Morgan fingerprint density at radius 1 is 1.20 bits per heavy atom. The molecular formula is C24H29ClN4O4S2. The molecule has 1 unspecified atom stereocenters. The second-order valence-corrected chi connectivity index (χ2v) is 12.1. The minimum absolute atomic E-state index is 0.139. The molecule has 4 rings (SSSR count). The van der Waals surface area contributed by atoms with E-state index in [-0.39, 0.29) is 17.3 Å². The highest BCUT2D eigenvalue weighted by Crippen LogP contribution is 2.37. The molecule has 1 aliphatic rings. The Hall–Kier alpha value is -2.24. The molecule has 1 aromatic heterocycles. The van der Waals surface area contributed by atoms with Crippen molar-refractivity contribution in [2.24, 2.45) is 0 Å². The molecule has 1 saturated heterocycles. The lowest BCUT2D eigenvalue weighted by molar-refractivity contribution is -0.121. The number of fused-ring (bicyclic) bond motifs is 1. The molecule has 0 radical (unpaired) electrons. The van der Waals surface area contributed by atoms with Crippen LogP contribution >= 0.6 is 22.9 Å². The summed E-state index contributed by atoms with van der Waals surface area (Å²) >= 11 is 7.77. The second kappa shape index (κ2) is 10.4. The lowest BCUT2D eigenvalue weighted by Gasteiger charge is -2.29. The zero-order valence-electron chi connectivity index (χ0n) is 20.2. The third kappa shape index (κ3) is 5.17. The van der Waals surface area contributed by atoms with E-state index < -0.39 is 16.1 Å². The Balaban J connectivity index is 1.69. The van der Waals surface area contributed by atoms with Crippen LogP contribution in [0.15, 0.2) is 41.3 Å². The van der Waals surface area contributed by atoms with Gasteiger partial charge >= 0.3 is 0 Å². The number of thiazole rings is 1. The van der Waals surface area contributed by atoms with Crippen LogP contribution in [0.4, 0.5) is 5.13 Å². The van der Waals surface area contributed by atoms with Crippen LogP contribution < -0.4 is 9.64 Å². The van der Waals surface area contributed by atoms with Crippen molar-refractivity contribution in [3.8, 4) is 5.75 Å².